The van der Waals surface area contributed by atoms with Crippen LogP contribution in [-0.4, -0.2) is 34.9 Å². The summed E-state index contributed by atoms with van der Waals surface area (Å²) < 4.78 is 1.95. The molecule has 1 aromatic rings. The maximum Gasteiger partial charge on any atom is 0.191 e. The third-order valence-corrected chi connectivity index (χ3v) is 4.26. The Kier molecular flexibility index (Phi) is 8.74. The van der Waals surface area contributed by atoms with E-state index < -0.39 is 0 Å². The molecule has 0 saturated heterocycles. The normalized spacial score (nSPS) is 13.2. The number of rotatable bonds is 9. The van der Waals surface area contributed by atoms with Crippen molar-refractivity contribution in [2.75, 3.05) is 13.1 Å². The highest BCUT2D eigenvalue weighted by Gasteiger charge is 2.09. The Morgan fingerprint density at radius 1 is 1.26 bits per heavy atom. The van der Waals surface area contributed by atoms with Crippen molar-refractivity contribution in [1.82, 2.24) is 20.4 Å². The van der Waals surface area contributed by atoms with Crippen molar-refractivity contribution >= 4 is 5.96 Å². The van der Waals surface area contributed by atoms with Gasteiger partial charge in [0, 0.05) is 31.9 Å². The van der Waals surface area contributed by atoms with E-state index in [0.717, 1.165) is 31.2 Å². The van der Waals surface area contributed by atoms with Crippen molar-refractivity contribution in [3.8, 4) is 0 Å². The maximum atomic E-state index is 4.73. The van der Waals surface area contributed by atoms with E-state index in [1.807, 2.05) is 11.7 Å². The summed E-state index contributed by atoms with van der Waals surface area (Å²) in [5, 5.41) is 11.3. The molecule has 0 aromatic carbocycles. The second kappa shape index (κ2) is 10.3. The van der Waals surface area contributed by atoms with Crippen LogP contribution in [0.2, 0.25) is 0 Å². The van der Waals surface area contributed by atoms with Crippen molar-refractivity contribution < 1.29 is 0 Å². The van der Waals surface area contributed by atoms with Crippen molar-refractivity contribution in [3.05, 3.63) is 17.0 Å². The van der Waals surface area contributed by atoms with Crippen LogP contribution < -0.4 is 10.6 Å². The fourth-order valence-electron chi connectivity index (χ4n) is 2.78. The van der Waals surface area contributed by atoms with Crippen molar-refractivity contribution in [1.29, 1.82) is 0 Å². The van der Waals surface area contributed by atoms with Crippen molar-refractivity contribution in [2.45, 2.75) is 72.8 Å². The lowest BCUT2D eigenvalue weighted by Crippen LogP contribution is -2.42. The summed E-state index contributed by atoms with van der Waals surface area (Å²) in [6.45, 7) is 12.4. The Bertz CT molecular complexity index is 490. The molecule has 0 fully saturated rings. The molecule has 0 saturated carbocycles. The van der Waals surface area contributed by atoms with E-state index in [0.29, 0.717) is 6.04 Å². The van der Waals surface area contributed by atoms with Crippen LogP contribution in [0.5, 0.6) is 0 Å². The summed E-state index contributed by atoms with van der Waals surface area (Å²) in [5.74, 6) is 0.927. The van der Waals surface area contributed by atoms with E-state index in [2.05, 4.69) is 50.4 Å². The first-order valence-electron chi connectivity index (χ1n) is 9.03. The Morgan fingerprint density at radius 2 is 2.00 bits per heavy atom. The Morgan fingerprint density at radius 3 is 2.57 bits per heavy atom. The summed E-state index contributed by atoms with van der Waals surface area (Å²) in [5.41, 5.74) is 3.68. The van der Waals surface area contributed by atoms with Gasteiger partial charge in [-0.05, 0) is 46.1 Å². The number of hydrogen-bond donors (Lipinski definition) is 2. The zero-order valence-corrected chi connectivity index (χ0v) is 15.9. The van der Waals surface area contributed by atoms with Gasteiger partial charge in [0.25, 0.3) is 0 Å². The molecule has 1 rings (SSSR count). The summed E-state index contributed by atoms with van der Waals surface area (Å²) >= 11 is 0. The molecule has 2 N–H and O–H groups in total. The number of aliphatic imine (C=N–C) groups is 1. The van der Waals surface area contributed by atoms with Gasteiger partial charge in [0.2, 0.25) is 0 Å². The van der Waals surface area contributed by atoms with Crippen LogP contribution in [-0.2, 0) is 13.5 Å². The molecular weight excluding hydrogens is 286 g/mol. The highest BCUT2D eigenvalue weighted by molar-refractivity contribution is 5.80. The van der Waals surface area contributed by atoms with E-state index in [-0.39, 0.29) is 0 Å². The molecule has 0 spiro atoms. The van der Waals surface area contributed by atoms with Gasteiger partial charge in [-0.1, -0.05) is 26.2 Å². The molecule has 0 aliphatic carbocycles. The molecule has 0 bridgehead atoms. The van der Waals surface area contributed by atoms with E-state index in [1.54, 1.807) is 0 Å². The number of aromatic nitrogens is 2. The lowest BCUT2D eigenvalue weighted by atomic mass is 10.1. The van der Waals surface area contributed by atoms with Gasteiger partial charge in [0.1, 0.15) is 0 Å². The number of aryl methyl sites for hydroxylation is 2. The molecule has 132 valence electrons. The number of nitrogens with one attached hydrogen (secondary N) is 2. The Hall–Kier alpha value is -1.52. The van der Waals surface area contributed by atoms with Gasteiger partial charge in [0.15, 0.2) is 5.96 Å². The predicted molar refractivity (Wildman–Crippen MR) is 99.1 cm³/mol. The summed E-state index contributed by atoms with van der Waals surface area (Å²) in [4.78, 5) is 4.73. The average Bonchev–Trinajstić information content (AvgIpc) is 2.74. The highest BCUT2D eigenvalue weighted by Crippen LogP contribution is 2.12. The molecule has 1 unspecified atom stereocenters. The SMILES string of the molecule is CCCCCC(C)NC(=NCCc1c(C)nn(C)c1C)NCC. The second-order valence-electron chi connectivity index (χ2n) is 6.32. The van der Waals surface area contributed by atoms with Gasteiger partial charge in [-0.25, -0.2) is 0 Å². The minimum atomic E-state index is 0.459. The first kappa shape index (κ1) is 19.5. The summed E-state index contributed by atoms with van der Waals surface area (Å²) in [7, 11) is 2.00. The minimum absolute atomic E-state index is 0.459. The van der Waals surface area contributed by atoms with Gasteiger partial charge in [-0.3, -0.25) is 9.67 Å². The van der Waals surface area contributed by atoms with Crippen LogP contribution in [0.3, 0.4) is 0 Å². The van der Waals surface area contributed by atoms with Crippen LogP contribution in [0.1, 0.15) is 63.4 Å². The summed E-state index contributed by atoms with van der Waals surface area (Å²) in [6.07, 6.45) is 5.98. The van der Waals surface area contributed by atoms with Gasteiger partial charge in [-0.15, -0.1) is 0 Å². The lowest BCUT2D eigenvalue weighted by molar-refractivity contribution is 0.547. The molecule has 1 aromatic heterocycles. The molecule has 0 radical (unpaired) electrons. The molecule has 5 nitrogen and oxygen atoms in total. The van der Waals surface area contributed by atoms with Crippen LogP contribution >= 0.6 is 0 Å². The molecule has 5 heteroatoms. The fourth-order valence-corrected chi connectivity index (χ4v) is 2.78. The largest absolute Gasteiger partial charge is 0.357 e. The molecule has 1 heterocycles. The predicted octanol–water partition coefficient (Wildman–Crippen LogP) is 3.10. The Labute approximate surface area is 142 Å². The second-order valence-corrected chi connectivity index (χ2v) is 6.32. The highest BCUT2D eigenvalue weighted by atomic mass is 15.3. The van der Waals surface area contributed by atoms with Crippen molar-refractivity contribution in [2.24, 2.45) is 12.0 Å². The standard InChI is InChI=1S/C18H35N5/c1-7-9-10-11-14(3)21-18(19-8-2)20-13-12-17-15(4)22-23(6)16(17)5/h14H,7-13H2,1-6H3,(H2,19,20,21). The van der Waals surface area contributed by atoms with Crippen LogP contribution in [0.4, 0.5) is 0 Å². The number of guanidine groups is 1. The first-order valence-corrected chi connectivity index (χ1v) is 9.03. The molecule has 0 amide bonds. The van der Waals surface area contributed by atoms with Gasteiger partial charge >= 0.3 is 0 Å². The minimum Gasteiger partial charge on any atom is -0.357 e. The average molecular weight is 322 g/mol. The van der Waals surface area contributed by atoms with E-state index in [4.69, 9.17) is 4.99 Å². The molecule has 23 heavy (non-hydrogen) atoms. The number of hydrogen-bond acceptors (Lipinski definition) is 2. The zero-order chi connectivity index (χ0) is 17.2. The molecule has 0 aliphatic rings. The van der Waals surface area contributed by atoms with Crippen LogP contribution in [0, 0.1) is 13.8 Å². The quantitative estimate of drug-likeness (QED) is 0.417. The maximum absolute atomic E-state index is 4.73. The van der Waals surface area contributed by atoms with Crippen LogP contribution in [0.25, 0.3) is 0 Å². The van der Waals surface area contributed by atoms with Crippen molar-refractivity contribution in [3.63, 3.8) is 0 Å². The fraction of sp³-hybridized carbons (Fsp3) is 0.778. The first-order chi connectivity index (χ1) is 11.0. The molecule has 1 atom stereocenters. The monoisotopic (exact) mass is 321 g/mol. The Balaban J connectivity index is 2.54. The van der Waals surface area contributed by atoms with Gasteiger partial charge in [0.05, 0.1) is 5.69 Å². The number of nitrogens with zero attached hydrogens (tertiary/aromatic N) is 3. The third kappa shape index (κ3) is 6.63. The topological polar surface area (TPSA) is 54.2 Å². The smallest absolute Gasteiger partial charge is 0.191 e. The summed E-state index contributed by atoms with van der Waals surface area (Å²) in [6, 6.07) is 0.459. The van der Waals surface area contributed by atoms with Crippen LogP contribution in [0.15, 0.2) is 4.99 Å². The van der Waals surface area contributed by atoms with Gasteiger partial charge in [-0.2, -0.15) is 5.10 Å². The molecule has 0 aliphatic heterocycles. The van der Waals surface area contributed by atoms with E-state index >= 15 is 0 Å². The lowest BCUT2D eigenvalue weighted by Gasteiger charge is -2.17. The number of unbranched alkanes of at least 4 members (excludes halogenated alkanes) is 2. The molecular formula is C18H35N5. The zero-order valence-electron chi connectivity index (χ0n) is 15.9. The van der Waals surface area contributed by atoms with Gasteiger partial charge < -0.3 is 10.6 Å². The third-order valence-electron chi connectivity index (χ3n) is 4.26. The van der Waals surface area contributed by atoms with E-state index in [1.165, 1.54) is 36.9 Å². The van der Waals surface area contributed by atoms with E-state index in [9.17, 15) is 0 Å².